The van der Waals surface area contributed by atoms with Gasteiger partial charge in [0.1, 0.15) is 4.90 Å². The number of rotatable bonds is 4. The Morgan fingerprint density at radius 3 is 2.84 bits per heavy atom. The Kier molecular flexibility index (Phi) is 3.88. The molecule has 0 saturated heterocycles. The molecule has 8 heteroatoms. The van der Waals surface area contributed by atoms with Crippen molar-refractivity contribution in [2.45, 2.75) is 17.9 Å². The number of benzene rings is 1. The van der Waals surface area contributed by atoms with Crippen LogP contribution in [-0.2, 0) is 10.0 Å². The molecule has 0 aliphatic carbocycles. The van der Waals surface area contributed by atoms with Crippen LogP contribution >= 0.6 is 11.6 Å². The van der Waals surface area contributed by atoms with E-state index >= 15 is 0 Å². The highest BCUT2D eigenvalue weighted by Gasteiger charge is 2.23. The molecule has 0 radical (unpaired) electrons. The summed E-state index contributed by atoms with van der Waals surface area (Å²) in [4.78, 5) is -0.477. The molecule has 1 atom stereocenters. The Balaban J connectivity index is 2.31. The van der Waals surface area contributed by atoms with Gasteiger partial charge in [0.2, 0.25) is 10.0 Å². The molecule has 102 valence electrons. The van der Waals surface area contributed by atoms with E-state index in [-0.39, 0.29) is 5.02 Å². The van der Waals surface area contributed by atoms with Crippen LogP contribution in [0.4, 0.5) is 4.39 Å². The minimum Gasteiger partial charge on any atom is -0.285 e. The van der Waals surface area contributed by atoms with Crippen LogP contribution in [0.25, 0.3) is 0 Å². The highest BCUT2D eigenvalue weighted by atomic mass is 35.5. The number of halogens is 2. The molecule has 0 saturated carbocycles. The van der Waals surface area contributed by atoms with E-state index in [9.17, 15) is 12.8 Å². The van der Waals surface area contributed by atoms with Crippen LogP contribution in [0.5, 0.6) is 0 Å². The van der Waals surface area contributed by atoms with Gasteiger partial charge in [-0.2, -0.15) is 5.10 Å². The van der Waals surface area contributed by atoms with Gasteiger partial charge in [0.25, 0.3) is 0 Å². The summed E-state index contributed by atoms with van der Waals surface area (Å²) in [5.41, 5.74) is 0.644. The Hall–Kier alpha value is -1.44. The molecule has 1 heterocycles. The van der Waals surface area contributed by atoms with E-state index in [0.29, 0.717) is 5.56 Å². The van der Waals surface area contributed by atoms with E-state index in [4.69, 9.17) is 11.6 Å². The molecular formula is C11H11ClFN3O2S. The summed E-state index contributed by atoms with van der Waals surface area (Å²) in [6.07, 6.45) is 3.04. The second kappa shape index (κ2) is 5.28. The summed E-state index contributed by atoms with van der Waals surface area (Å²) in [5, 5.41) is 6.06. The van der Waals surface area contributed by atoms with Crippen molar-refractivity contribution >= 4 is 21.6 Å². The fourth-order valence-corrected chi connectivity index (χ4v) is 3.12. The Labute approximate surface area is 114 Å². The lowest BCUT2D eigenvalue weighted by Crippen LogP contribution is -2.27. The first kappa shape index (κ1) is 14.0. The third-order valence-corrected chi connectivity index (χ3v) is 4.41. The molecule has 0 aliphatic heterocycles. The van der Waals surface area contributed by atoms with E-state index in [0.717, 1.165) is 6.07 Å². The van der Waals surface area contributed by atoms with Gasteiger partial charge in [-0.3, -0.25) is 5.10 Å². The van der Waals surface area contributed by atoms with Gasteiger partial charge in [-0.25, -0.2) is 17.5 Å². The van der Waals surface area contributed by atoms with Crippen LogP contribution in [0.2, 0.25) is 5.02 Å². The topological polar surface area (TPSA) is 74.8 Å². The summed E-state index contributed by atoms with van der Waals surface area (Å²) in [5.74, 6) is -0.962. The molecule has 2 aromatic rings. The molecule has 19 heavy (non-hydrogen) atoms. The maximum Gasteiger partial charge on any atom is 0.244 e. The number of hydrogen-bond acceptors (Lipinski definition) is 3. The van der Waals surface area contributed by atoms with Crippen LogP contribution in [-0.4, -0.2) is 18.6 Å². The molecule has 5 nitrogen and oxygen atoms in total. The van der Waals surface area contributed by atoms with Crippen molar-refractivity contribution < 1.29 is 12.8 Å². The molecule has 1 aromatic heterocycles. The number of nitrogens with one attached hydrogen (secondary N) is 2. The summed E-state index contributed by atoms with van der Waals surface area (Å²) in [6, 6.07) is 3.28. The molecule has 0 amide bonds. The maximum atomic E-state index is 13.7. The van der Waals surface area contributed by atoms with Crippen LogP contribution in [0.15, 0.2) is 35.5 Å². The first-order valence-corrected chi connectivity index (χ1v) is 7.23. The van der Waals surface area contributed by atoms with Gasteiger partial charge in [0.05, 0.1) is 11.2 Å². The predicted molar refractivity (Wildman–Crippen MR) is 68.7 cm³/mol. The van der Waals surface area contributed by atoms with E-state index < -0.39 is 26.8 Å². The lowest BCUT2D eigenvalue weighted by molar-refractivity contribution is 0.547. The quantitative estimate of drug-likeness (QED) is 0.909. The fourth-order valence-electron chi connectivity index (χ4n) is 1.55. The second-order valence-corrected chi connectivity index (χ2v) is 6.02. The molecule has 0 spiro atoms. The molecule has 0 aliphatic rings. The average Bonchev–Trinajstić information content (AvgIpc) is 2.85. The Morgan fingerprint density at radius 2 is 2.21 bits per heavy atom. The number of H-pyrrole nitrogens is 1. The zero-order chi connectivity index (χ0) is 14.0. The van der Waals surface area contributed by atoms with E-state index in [1.54, 1.807) is 13.1 Å². The minimum absolute atomic E-state index is 0.237. The van der Waals surface area contributed by atoms with Gasteiger partial charge in [-0.15, -0.1) is 0 Å². The molecule has 0 fully saturated rings. The summed E-state index contributed by atoms with van der Waals surface area (Å²) < 4.78 is 40.2. The van der Waals surface area contributed by atoms with E-state index in [1.165, 1.54) is 18.3 Å². The lowest BCUT2D eigenvalue weighted by Gasteiger charge is -2.13. The van der Waals surface area contributed by atoms with Crippen molar-refractivity contribution in [3.05, 3.63) is 47.0 Å². The minimum atomic E-state index is -3.99. The van der Waals surface area contributed by atoms with Crippen LogP contribution in [0, 0.1) is 5.82 Å². The first-order chi connectivity index (χ1) is 8.92. The number of nitrogens with zero attached hydrogens (tertiary/aromatic N) is 1. The highest BCUT2D eigenvalue weighted by Crippen LogP contribution is 2.23. The number of hydrogen-bond donors (Lipinski definition) is 2. The third-order valence-electron chi connectivity index (χ3n) is 2.56. The normalized spacial score (nSPS) is 13.4. The van der Waals surface area contributed by atoms with Crippen molar-refractivity contribution in [1.29, 1.82) is 0 Å². The zero-order valence-electron chi connectivity index (χ0n) is 9.89. The molecule has 1 unspecified atom stereocenters. The molecule has 1 aromatic carbocycles. The lowest BCUT2D eigenvalue weighted by atomic mass is 10.2. The zero-order valence-corrected chi connectivity index (χ0v) is 11.5. The Bertz CT molecular complexity index is 673. The summed E-state index contributed by atoms with van der Waals surface area (Å²) >= 11 is 5.57. The van der Waals surface area contributed by atoms with Crippen LogP contribution < -0.4 is 4.72 Å². The second-order valence-electron chi connectivity index (χ2n) is 3.93. The maximum absolute atomic E-state index is 13.7. The van der Waals surface area contributed by atoms with Gasteiger partial charge >= 0.3 is 0 Å². The van der Waals surface area contributed by atoms with Gasteiger partial charge in [-0.05, 0) is 19.1 Å². The standard InChI is InChI=1S/C11H11ClFN3O2S/c1-7(8-5-14-15-6-8)16-19(17,18)10-4-2-3-9(12)11(10)13/h2-7,16H,1H3,(H,14,15). The van der Waals surface area contributed by atoms with Gasteiger partial charge < -0.3 is 0 Å². The number of aromatic amines is 1. The Morgan fingerprint density at radius 1 is 1.47 bits per heavy atom. The van der Waals surface area contributed by atoms with Gasteiger partial charge in [0.15, 0.2) is 5.82 Å². The van der Waals surface area contributed by atoms with Crippen molar-refractivity contribution in [2.24, 2.45) is 0 Å². The van der Waals surface area contributed by atoms with E-state index in [2.05, 4.69) is 14.9 Å². The fraction of sp³-hybridized carbons (Fsp3) is 0.182. The number of sulfonamides is 1. The summed E-state index contributed by atoms with van der Waals surface area (Å²) in [7, 11) is -3.99. The predicted octanol–water partition coefficient (Wildman–Crippen LogP) is 2.24. The van der Waals surface area contributed by atoms with Crippen LogP contribution in [0.1, 0.15) is 18.5 Å². The van der Waals surface area contributed by atoms with Crippen LogP contribution in [0.3, 0.4) is 0 Å². The molecule has 2 rings (SSSR count). The average molecular weight is 304 g/mol. The summed E-state index contributed by atoms with van der Waals surface area (Å²) in [6.45, 7) is 1.63. The van der Waals surface area contributed by atoms with Crippen molar-refractivity contribution in [1.82, 2.24) is 14.9 Å². The van der Waals surface area contributed by atoms with Crippen molar-refractivity contribution in [3.63, 3.8) is 0 Å². The van der Waals surface area contributed by atoms with Gasteiger partial charge in [0, 0.05) is 17.8 Å². The molecule has 2 N–H and O–H groups in total. The van der Waals surface area contributed by atoms with E-state index in [1.807, 2.05) is 0 Å². The SMILES string of the molecule is CC(NS(=O)(=O)c1cccc(Cl)c1F)c1cn[nH]c1. The third kappa shape index (κ3) is 2.94. The monoisotopic (exact) mass is 303 g/mol. The van der Waals surface area contributed by atoms with Crippen molar-refractivity contribution in [3.8, 4) is 0 Å². The van der Waals surface area contributed by atoms with Crippen molar-refractivity contribution in [2.75, 3.05) is 0 Å². The largest absolute Gasteiger partial charge is 0.285 e. The highest BCUT2D eigenvalue weighted by molar-refractivity contribution is 7.89. The molecule has 0 bridgehead atoms. The smallest absolute Gasteiger partial charge is 0.244 e. The van der Waals surface area contributed by atoms with Gasteiger partial charge in [-0.1, -0.05) is 17.7 Å². The molecular weight excluding hydrogens is 293 g/mol. The number of aromatic nitrogens is 2. The first-order valence-electron chi connectivity index (χ1n) is 5.37.